The maximum Gasteiger partial charge on any atom is 0.231 e. The van der Waals surface area contributed by atoms with E-state index in [0.717, 1.165) is 5.56 Å². The molecule has 0 amide bonds. The van der Waals surface area contributed by atoms with Crippen LogP contribution in [0.3, 0.4) is 0 Å². The van der Waals surface area contributed by atoms with Gasteiger partial charge < -0.3 is 29.4 Å². The number of aliphatic hydroxyl groups excluding tert-OH is 1. The van der Waals surface area contributed by atoms with E-state index in [0.29, 0.717) is 30.4 Å². The van der Waals surface area contributed by atoms with Crippen molar-refractivity contribution in [2.45, 2.75) is 12.6 Å². The molecular formula is C13H19NO5. The Labute approximate surface area is 112 Å². The lowest BCUT2D eigenvalue weighted by atomic mass is 10.1. The standard InChI is InChI=1S/C13H19NO5/c1-16-7-10(6-15)14-5-9-3-11(17-2)13-12(4-9)18-8-19-13/h3-4,10,14-15H,5-8H2,1-2H3. The summed E-state index contributed by atoms with van der Waals surface area (Å²) in [4.78, 5) is 0. The molecule has 0 radical (unpaired) electrons. The molecule has 1 aromatic rings. The first-order chi connectivity index (χ1) is 9.28. The molecule has 0 saturated carbocycles. The van der Waals surface area contributed by atoms with Crippen molar-refractivity contribution in [3.8, 4) is 17.2 Å². The van der Waals surface area contributed by atoms with Crippen LogP contribution in [0.5, 0.6) is 17.2 Å². The Hall–Kier alpha value is -1.50. The number of ether oxygens (including phenoxy) is 4. The largest absolute Gasteiger partial charge is 0.493 e. The average Bonchev–Trinajstić information content (AvgIpc) is 2.90. The number of hydrogen-bond donors (Lipinski definition) is 2. The molecule has 1 heterocycles. The molecule has 0 bridgehead atoms. The van der Waals surface area contributed by atoms with Crippen LogP contribution in [0.15, 0.2) is 12.1 Å². The van der Waals surface area contributed by atoms with E-state index < -0.39 is 0 Å². The van der Waals surface area contributed by atoms with Gasteiger partial charge in [-0.1, -0.05) is 0 Å². The minimum absolute atomic E-state index is 0.0233. The SMILES string of the molecule is COCC(CO)NCc1cc(OC)c2c(c1)OCO2. The van der Waals surface area contributed by atoms with Crippen LogP contribution in [0.1, 0.15) is 5.56 Å². The molecule has 1 aliphatic heterocycles. The number of aliphatic hydroxyl groups is 1. The van der Waals surface area contributed by atoms with Crippen LogP contribution in [0.25, 0.3) is 0 Å². The fourth-order valence-electron chi connectivity index (χ4n) is 1.93. The van der Waals surface area contributed by atoms with Crippen molar-refractivity contribution in [3.05, 3.63) is 17.7 Å². The highest BCUT2D eigenvalue weighted by atomic mass is 16.7. The van der Waals surface area contributed by atoms with Gasteiger partial charge in [0.05, 0.1) is 26.4 Å². The van der Waals surface area contributed by atoms with Gasteiger partial charge in [0.25, 0.3) is 0 Å². The van der Waals surface area contributed by atoms with E-state index in [2.05, 4.69) is 5.32 Å². The third-order valence-electron chi connectivity index (χ3n) is 2.90. The zero-order chi connectivity index (χ0) is 13.7. The molecule has 2 rings (SSSR count). The molecule has 2 N–H and O–H groups in total. The molecule has 0 fully saturated rings. The minimum atomic E-state index is -0.0959. The molecule has 6 nitrogen and oxygen atoms in total. The quantitative estimate of drug-likeness (QED) is 0.752. The van der Waals surface area contributed by atoms with Crippen molar-refractivity contribution in [2.24, 2.45) is 0 Å². The van der Waals surface area contributed by atoms with Crippen molar-refractivity contribution < 1.29 is 24.1 Å². The first-order valence-corrected chi connectivity index (χ1v) is 6.08. The molecule has 1 aromatic carbocycles. The number of nitrogens with one attached hydrogen (secondary N) is 1. The maximum atomic E-state index is 9.18. The number of fused-ring (bicyclic) bond motifs is 1. The normalized spacial score (nSPS) is 14.5. The van der Waals surface area contributed by atoms with Gasteiger partial charge in [-0.3, -0.25) is 0 Å². The van der Waals surface area contributed by atoms with Crippen LogP contribution in [0, 0.1) is 0 Å². The molecule has 19 heavy (non-hydrogen) atoms. The molecule has 1 unspecified atom stereocenters. The van der Waals surface area contributed by atoms with Crippen molar-refractivity contribution in [3.63, 3.8) is 0 Å². The molecule has 6 heteroatoms. The van der Waals surface area contributed by atoms with E-state index >= 15 is 0 Å². The number of rotatable bonds is 7. The summed E-state index contributed by atoms with van der Waals surface area (Å²) in [5, 5.41) is 12.4. The van der Waals surface area contributed by atoms with Gasteiger partial charge in [0.2, 0.25) is 12.5 Å². The highest BCUT2D eigenvalue weighted by Crippen LogP contribution is 2.41. The monoisotopic (exact) mass is 269 g/mol. The molecule has 106 valence electrons. The van der Waals surface area contributed by atoms with Crippen molar-refractivity contribution in [1.29, 1.82) is 0 Å². The van der Waals surface area contributed by atoms with E-state index in [1.165, 1.54) is 0 Å². The van der Waals surface area contributed by atoms with Gasteiger partial charge in [0, 0.05) is 13.7 Å². The van der Waals surface area contributed by atoms with Crippen molar-refractivity contribution in [1.82, 2.24) is 5.32 Å². The van der Waals surface area contributed by atoms with Gasteiger partial charge in [-0.25, -0.2) is 0 Å². The predicted molar refractivity (Wildman–Crippen MR) is 68.7 cm³/mol. The van der Waals surface area contributed by atoms with Crippen LogP contribution in [0.2, 0.25) is 0 Å². The lowest BCUT2D eigenvalue weighted by Crippen LogP contribution is -2.35. The topological polar surface area (TPSA) is 69.2 Å². The van der Waals surface area contributed by atoms with E-state index in [4.69, 9.17) is 18.9 Å². The first kappa shape index (κ1) is 13.9. The van der Waals surface area contributed by atoms with Gasteiger partial charge in [0.1, 0.15) is 0 Å². The van der Waals surface area contributed by atoms with E-state index in [1.807, 2.05) is 12.1 Å². The summed E-state index contributed by atoms with van der Waals surface area (Å²) in [6.07, 6.45) is 0. The van der Waals surface area contributed by atoms with E-state index in [1.54, 1.807) is 14.2 Å². The van der Waals surface area contributed by atoms with Crippen molar-refractivity contribution in [2.75, 3.05) is 34.2 Å². The minimum Gasteiger partial charge on any atom is -0.493 e. The highest BCUT2D eigenvalue weighted by molar-refractivity contribution is 5.55. The maximum absolute atomic E-state index is 9.18. The van der Waals surface area contributed by atoms with Gasteiger partial charge in [-0.15, -0.1) is 0 Å². The Morgan fingerprint density at radius 1 is 1.37 bits per heavy atom. The second kappa shape index (κ2) is 6.60. The molecule has 1 atom stereocenters. The van der Waals surface area contributed by atoms with Gasteiger partial charge in [0.15, 0.2) is 11.5 Å². The predicted octanol–water partition coefficient (Wildman–Crippen LogP) is 0.521. The summed E-state index contributed by atoms with van der Waals surface area (Å²) >= 11 is 0. The summed E-state index contributed by atoms with van der Waals surface area (Å²) in [5.41, 5.74) is 0.996. The molecule has 0 aliphatic carbocycles. The number of hydrogen-bond acceptors (Lipinski definition) is 6. The third kappa shape index (κ3) is 3.28. The smallest absolute Gasteiger partial charge is 0.231 e. The first-order valence-electron chi connectivity index (χ1n) is 6.08. The lowest BCUT2D eigenvalue weighted by molar-refractivity contribution is 0.128. The third-order valence-corrected chi connectivity index (χ3v) is 2.90. The lowest BCUT2D eigenvalue weighted by Gasteiger charge is -2.16. The fourth-order valence-corrected chi connectivity index (χ4v) is 1.93. The Kier molecular flexibility index (Phi) is 4.84. The second-order valence-corrected chi connectivity index (χ2v) is 4.25. The van der Waals surface area contributed by atoms with Crippen LogP contribution in [0.4, 0.5) is 0 Å². The Morgan fingerprint density at radius 2 is 2.21 bits per heavy atom. The zero-order valence-electron chi connectivity index (χ0n) is 11.1. The Bertz CT molecular complexity index is 424. The van der Waals surface area contributed by atoms with Gasteiger partial charge >= 0.3 is 0 Å². The molecule has 0 aromatic heterocycles. The van der Waals surface area contributed by atoms with Crippen LogP contribution in [-0.2, 0) is 11.3 Å². The highest BCUT2D eigenvalue weighted by Gasteiger charge is 2.20. The second-order valence-electron chi connectivity index (χ2n) is 4.25. The van der Waals surface area contributed by atoms with E-state index in [-0.39, 0.29) is 19.4 Å². The van der Waals surface area contributed by atoms with Crippen LogP contribution in [-0.4, -0.2) is 45.4 Å². The molecular weight excluding hydrogens is 250 g/mol. The average molecular weight is 269 g/mol. The summed E-state index contributed by atoms with van der Waals surface area (Å²) in [6, 6.07) is 3.70. The van der Waals surface area contributed by atoms with Crippen molar-refractivity contribution >= 4 is 0 Å². The number of methoxy groups -OCH3 is 2. The van der Waals surface area contributed by atoms with Crippen LogP contribution < -0.4 is 19.5 Å². The summed E-state index contributed by atoms with van der Waals surface area (Å²) in [5.74, 6) is 1.98. The molecule has 0 saturated heterocycles. The summed E-state index contributed by atoms with van der Waals surface area (Å²) in [6.45, 7) is 1.28. The summed E-state index contributed by atoms with van der Waals surface area (Å²) < 4.78 is 21.0. The van der Waals surface area contributed by atoms with Gasteiger partial charge in [-0.05, 0) is 17.7 Å². The van der Waals surface area contributed by atoms with E-state index in [9.17, 15) is 5.11 Å². The zero-order valence-corrected chi connectivity index (χ0v) is 11.1. The Balaban J connectivity index is 2.04. The molecule has 1 aliphatic rings. The van der Waals surface area contributed by atoms with Crippen LogP contribution >= 0.6 is 0 Å². The number of benzene rings is 1. The summed E-state index contributed by atoms with van der Waals surface area (Å²) in [7, 11) is 3.20. The fraction of sp³-hybridized carbons (Fsp3) is 0.538. The van der Waals surface area contributed by atoms with Gasteiger partial charge in [-0.2, -0.15) is 0 Å². The Morgan fingerprint density at radius 3 is 2.89 bits per heavy atom. The molecule has 0 spiro atoms.